The third kappa shape index (κ3) is 2.41. The van der Waals surface area contributed by atoms with Crippen LogP contribution in [0, 0.1) is 0 Å². The van der Waals surface area contributed by atoms with Gasteiger partial charge in [0.2, 0.25) is 0 Å². The van der Waals surface area contributed by atoms with Crippen molar-refractivity contribution in [2.24, 2.45) is 0 Å². The van der Waals surface area contributed by atoms with E-state index in [1.165, 1.54) is 5.57 Å². The Morgan fingerprint density at radius 1 is 1.53 bits per heavy atom. The lowest BCUT2D eigenvalue weighted by Crippen LogP contribution is -2.38. The summed E-state index contributed by atoms with van der Waals surface area (Å²) in [6.07, 6.45) is 2.02. The quantitative estimate of drug-likeness (QED) is 0.626. The highest BCUT2D eigenvalue weighted by Gasteiger charge is 2.24. The van der Waals surface area contributed by atoms with Gasteiger partial charge in [0.1, 0.15) is 5.75 Å². The molecule has 0 unspecified atom stereocenters. The summed E-state index contributed by atoms with van der Waals surface area (Å²) < 4.78 is 5.36. The maximum Gasteiger partial charge on any atom is 0.265 e. The monoisotopic (exact) mass is 232 g/mol. The summed E-state index contributed by atoms with van der Waals surface area (Å²) in [6, 6.07) is 5.34. The van der Waals surface area contributed by atoms with E-state index in [2.05, 4.69) is 0 Å². The Kier molecular flexibility index (Phi) is 3.04. The molecule has 0 aromatic heterocycles. The van der Waals surface area contributed by atoms with Crippen LogP contribution in [0.3, 0.4) is 0 Å². The number of nitrogen functional groups attached to an aromatic ring is 1. The molecular formula is C13H16N2O2. The Hall–Kier alpha value is -1.97. The largest absolute Gasteiger partial charge is 0.481 e. The molecule has 1 aliphatic rings. The molecule has 0 saturated heterocycles. The number of carbonyl (C=O) groups is 1. The van der Waals surface area contributed by atoms with E-state index in [0.29, 0.717) is 18.0 Å². The number of nitrogens with two attached hydrogens (primary N) is 1. The number of hydrogen-bond donors (Lipinski definition) is 1. The predicted octanol–water partition coefficient (Wildman–Crippen LogP) is 1.96. The standard InChI is InChI=1S/C13H16N2O2/c1-9(2)5-6-15-11-4-3-10(14)7-12(11)17-8-13(15)16/h3-5,7H,6,8,14H2,1-2H3. The molecule has 4 heteroatoms. The summed E-state index contributed by atoms with van der Waals surface area (Å²) >= 11 is 0. The Morgan fingerprint density at radius 3 is 3.00 bits per heavy atom. The highest BCUT2D eigenvalue weighted by Crippen LogP contribution is 2.33. The highest BCUT2D eigenvalue weighted by molar-refractivity contribution is 5.98. The Morgan fingerprint density at radius 2 is 2.29 bits per heavy atom. The summed E-state index contributed by atoms with van der Waals surface area (Å²) in [4.78, 5) is 13.5. The average molecular weight is 232 g/mol. The van der Waals surface area contributed by atoms with Gasteiger partial charge in [0.05, 0.1) is 5.69 Å². The molecule has 1 aromatic carbocycles. The minimum atomic E-state index is -0.0280. The van der Waals surface area contributed by atoms with E-state index in [4.69, 9.17) is 10.5 Å². The molecule has 90 valence electrons. The lowest BCUT2D eigenvalue weighted by molar-refractivity contribution is -0.121. The summed E-state index contributed by atoms with van der Waals surface area (Å²) in [6.45, 7) is 4.66. The highest BCUT2D eigenvalue weighted by atomic mass is 16.5. The van der Waals surface area contributed by atoms with Crippen LogP contribution in [0.25, 0.3) is 0 Å². The molecule has 1 aliphatic heterocycles. The number of carbonyl (C=O) groups excluding carboxylic acids is 1. The van der Waals surface area contributed by atoms with Crippen LogP contribution >= 0.6 is 0 Å². The molecule has 2 N–H and O–H groups in total. The van der Waals surface area contributed by atoms with E-state index in [1.54, 1.807) is 17.0 Å². The minimum absolute atomic E-state index is 0.0280. The van der Waals surface area contributed by atoms with Crippen LogP contribution in [0.15, 0.2) is 29.8 Å². The van der Waals surface area contributed by atoms with Crippen molar-refractivity contribution in [3.63, 3.8) is 0 Å². The number of nitrogens with zero attached hydrogens (tertiary/aromatic N) is 1. The van der Waals surface area contributed by atoms with Gasteiger partial charge in [-0.05, 0) is 26.0 Å². The molecule has 2 rings (SSSR count). The fraction of sp³-hybridized carbons (Fsp3) is 0.308. The number of hydrogen-bond acceptors (Lipinski definition) is 3. The van der Waals surface area contributed by atoms with Gasteiger partial charge in [-0.1, -0.05) is 11.6 Å². The van der Waals surface area contributed by atoms with Gasteiger partial charge in [0.25, 0.3) is 5.91 Å². The minimum Gasteiger partial charge on any atom is -0.481 e. The van der Waals surface area contributed by atoms with Crippen molar-refractivity contribution in [2.45, 2.75) is 13.8 Å². The lowest BCUT2D eigenvalue weighted by atomic mass is 10.2. The molecule has 1 aromatic rings. The van der Waals surface area contributed by atoms with Gasteiger partial charge in [-0.15, -0.1) is 0 Å². The van der Waals surface area contributed by atoms with Crippen LogP contribution in [-0.2, 0) is 4.79 Å². The van der Waals surface area contributed by atoms with Crippen LogP contribution in [0.1, 0.15) is 13.8 Å². The van der Waals surface area contributed by atoms with E-state index in [9.17, 15) is 4.79 Å². The second-order valence-electron chi connectivity index (χ2n) is 4.30. The van der Waals surface area contributed by atoms with Gasteiger partial charge < -0.3 is 15.4 Å². The lowest BCUT2D eigenvalue weighted by Gasteiger charge is -2.28. The summed E-state index contributed by atoms with van der Waals surface area (Å²) in [7, 11) is 0. The van der Waals surface area contributed by atoms with E-state index in [-0.39, 0.29) is 12.5 Å². The van der Waals surface area contributed by atoms with Crippen molar-refractivity contribution in [1.29, 1.82) is 0 Å². The molecule has 17 heavy (non-hydrogen) atoms. The maximum atomic E-state index is 11.8. The smallest absolute Gasteiger partial charge is 0.265 e. The summed E-state index contributed by atoms with van der Waals surface area (Å²) in [5.74, 6) is 0.645. The molecule has 0 bridgehead atoms. The first-order valence-electron chi connectivity index (χ1n) is 5.54. The van der Waals surface area contributed by atoms with E-state index >= 15 is 0 Å². The van der Waals surface area contributed by atoms with E-state index < -0.39 is 0 Å². The van der Waals surface area contributed by atoms with Crippen molar-refractivity contribution in [1.82, 2.24) is 0 Å². The van der Waals surface area contributed by atoms with Crippen LogP contribution in [0.2, 0.25) is 0 Å². The number of allylic oxidation sites excluding steroid dienone is 1. The molecule has 0 aliphatic carbocycles. The summed E-state index contributed by atoms with van der Waals surface area (Å²) in [5.41, 5.74) is 8.29. The number of amides is 1. The molecular weight excluding hydrogens is 216 g/mol. The Labute approximate surface area is 101 Å². The van der Waals surface area contributed by atoms with Gasteiger partial charge >= 0.3 is 0 Å². The zero-order valence-corrected chi connectivity index (χ0v) is 10.1. The number of ether oxygens (including phenoxy) is 1. The first kappa shape index (κ1) is 11.5. The van der Waals surface area contributed by atoms with Crippen molar-refractivity contribution in [3.8, 4) is 5.75 Å². The van der Waals surface area contributed by atoms with Crippen molar-refractivity contribution in [2.75, 3.05) is 23.8 Å². The molecule has 0 saturated carbocycles. The fourth-order valence-electron chi connectivity index (χ4n) is 1.70. The van der Waals surface area contributed by atoms with Gasteiger partial charge in [-0.2, -0.15) is 0 Å². The van der Waals surface area contributed by atoms with Crippen LogP contribution < -0.4 is 15.4 Å². The second kappa shape index (κ2) is 4.49. The second-order valence-corrected chi connectivity index (χ2v) is 4.30. The third-order valence-corrected chi connectivity index (χ3v) is 2.61. The van der Waals surface area contributed by atoms with Gasteiger partial charge in [-0.3, -0.25) is 4.79 Å². The zero-order valence-electron chi connectivity index (χ0n) is 10.1. The van der Waals surface area contributed by atoms with Crippen molar-refractivity contribution in [3.05, 3.63) is 29.8 Å². The first-order chi connectivity index (χ1) is 8.08. The molecule has 1 heterocycles. The number of rotatable bonds is 2. The maximum absolute atomic E-state index is 11.8. The molecule has 4 nitrogen and oxygen atoms in total. The third-order valence-electron chi connectivity index (χ3n) is 2.61. The van der Waals surface area contributed by atoms with Crippen LogP contribution in [0.5, 0.6) is 5.75 Å². The zero-order chi connectivity index (χ0) is 12.4. The molecule has 0 fully saturated rings. The van der Waals surface area contributed by atoms with E-state index in [1.807, 2.05) is 26.0 Å². The predicted molar refractivity (Wildman–Crippen MR) is 68.1 cm³/mol. The van der Waals surface area contributed by atoms with Crippen LogP contribution in [-0.4, -0.2) is 19.1 Å². The van der Waals surface area contributed by atoms with Crippen LogP contribution in [0.4, 0.5) is 11.4 Å². The average Bonchev–Trinajstić information content (AvgIpc) is 2.27. The molecule has 1 amide bonds. The normalized spacial score (nSPS) is 14.0. The molecule has 0 spiro atoms. The number of benzene rings is 1. The number of anilines is 2. The number of fused-ring (bicyclic) bond motifs is 1. The van der Waals surface area contributed by atoms with Crippen molar-refractivity contribution < 1.29 is 9.53 Å². The fourth-order valence-corrected chi connectivity index (χ4v) is 1.70. The van der Waals surface area contributed by atoms with Gasteiger partial charge in [0.15, 0.2) is 6.61 Å². The van der Waals surface area contributed by atoms with E-state index in [0.717, 1.165) is 5.69 Å². The summed E-state index contributed by atoms with van der Waals surface area (Å²) in [5, 5.41) is 0. The topological polar surface area (TPSA) is 55.6 Å². The molecule has 0 atom stereocenters. The Balaban J connectivity index is 2.33. The van der Waals surface area contributed by atoms with Gasteiger partial charge in [0, 0.05) is 18.3 Å². The SMILES string of the molecule is CC(C)=CCN1C(=O)COc2cc(N)ccc21. The first-order valence-corrected chi connectivity index (χ1v) is 5.54. The van der Waals surface area contributed by atoms with Crippen molar-refractivity contribution >= 4 is 17.3 Å². The van der Waals surface area contributed by atoms with Gasteiger partial charge in [-0.25, -0.2) is 0 Å². The molecule has 0 radical (unpaired) electrons. The Bertz CT molecular complexity index is 476.